The first kappa shape index (κ1) is 15.5. The summed E-state index contributed by atoms with van der Waals surface area (Å²) in [6.07, 6.45) is 3.95. The van der Waals surface area contributed by atoms with Crippen molar-refractivity contribution in [1.82, 2.24) is 0 Å². The largest absolute Gasteiger partial charge is 0.288 e. The van der Waals surface area contributed by atoms with Crippen molar-refractivity contribution in [3.8, 4) is 0 Å². The smallest absolute Gasteiger partial charge is 0.202 e. The predicted octanol–water partition coefficient (Wildman–Crippen LogP) is 5.73. The van der Waals surface area contributed by atoms with Crippen molar-refractivity contribution < 1.29 is 4.79 Å². The summed E-state index contributed by atoms with van der Waals surface area (Å²) in [5.41, 5.74) is 2.73. The highest BCUT2D eigenvalue weighted by Crippen LogP contribution is 2.48. The summed E-state index contributed by atoms with van der Waals surface area (Å²) in [5.74, 6) is 0.0838. The maximum Gasteiger partial charge on any atom is 0.202 e. The SMILES string of the molecule is CSC1=C(c2ccc(Cl)cc2)C(=O)/C(=C/c2ccccc2)S1. The number of Topliss-reactive ketones (excluding diaryl/α,β-unsaturated/α-hetero) is 1. The first-order valence-electron chi connectivity index (χ1n) is 6.72. The first-order valence-corrected chi connectivity index (χ1v) is 9.14. The Kier molecular flexibility index (Phi) is 4.77. The van der Waals surface area contributed by atoms with Gasteiger partial charge in [0.1, 0.15) is 0 Å². The van der Waals surface area contributed by atoms with E-state index < -0.39 is 0 Å². The lowest BCUT2D eigenvalue weighted by atomic mass is 10.0. The fourth-order valence-electron chi connectivity index (χ4n) is 2.22. The monoisotopic (exact) mass is 344 g/mol. The van der Waals surface area contributed by atoms with Crippen molar-refractivity contribution in [1.29, 1.82) is 0 Å². The van der Waals surface area contributed by atoms with Gasteiger partial charge < -0.3 is 0 Å². The van der Waals surface area contributed by atoms with Gasteiger partial charge in [-0.3, -0.25) is 4.79 Å². The van der Waals surface area contributed by atoms with E-state index in [4.69, 9.17) is 11.6 Å². The van der Waals surface area contributed by atoms with Crippen LogP contribution < -0.4 is 0 Å². The fourth-order valence-corrected chi connectivity index (χ4v) is 4.26. The average Bonchev–Trinajstić information content (AvgIpc) is 2.85. The molecule has 110 valence electrons. The number of halogens is 1. The van der Waals surface area contributed by atoms with Gasteiger partial charge in [0, 0.05) is 5.02 Å². The highest BCUT2D eigenvalue weighted by atomic mass is 35.5. The minimum atomic E-state index is 0.0838. The maximum atomic E-state index is 12.8. The van der Waals surface area contributed by atoms with E-state index in [9.17, 15) is 4.79 Å². The summed E-state index contributed by atoms with van der Waals surface area (Å²) in [7, 11) is 0. The topological polar surface area (TPSA) is 17.1 Å². The molecule has 0 saturated heterocycles. The molecule has 0 unspecified atom stereocenters. The lowest BCUT2D eigenvalue weighted by Crippen LogP contribution is -1.98. The number of hydrogen-bond acceptors (Lipinski definition) is 3. The van der Waals surface area contributed by atoms with Crippen LogP contribution in [0.15, 0.2) is 63.7 Å². The second-order valence-electron chi connectivity index (χ2n) is 4.72. The maximum absolute atomic E-state index is 12.8. The van der Waals surface area contributed by atoms with Gasteiger partial charge in [0.25, 0.3) is 0 Å². The molecule has 1 heterocycles. The molecule has 22 heavy (non-hydrogen) atoms. The van der Waals surface area contributed by atoms with Crippen LogP contribution in [0.1, 0.15) is 11.1 Å². The molecule has 4 heteroatoms. The zero-order valence-electron chi connectivity index (χ0n) is 11.9. The molecule has 2 aromatic carbocycles. The van der Waals surface area contributed by atoms with Crippen molar-refractivity contribution in [2.24, 2.45) is 0 Å². The van der Waals surface area contributed by atoms with E-state index in [1.807, 2.05) is 66.9 Å². The Morgan fingerprint density at radius 3 is 2.36 bits per heavy atom. The van der Waals surface area contributed by atoms with E-state index in [2.05, 4.69) is 0 Å². The third-order valence-electron chi connectivity index (χ3n) is 3.27. The van der Waals surface area contributed by atoms with Gasteiger partial charge in [0.05, 0.1) is 14.7 Å². The van der Waals surface area contributed by atoms with Gasteiger partial charge in [0.15, 0.2) is 0 Å². The van der Waals surface area contributed by atoms with Crippen LogP contribution >= 0.6 is 35.1 Å². The molecule has 2 aromatic rings. The molecule has 1 aliphatic rings. The van der Waals surface area contributed by atoms with E-state index in [0.29, 0.717) is 5.02 Å². The van der Waals surface area contributed by atoms with E-state index >= 15 is 0 Å². The fraction of sp³-hybridized carbons (Fsp3) is 0.0556. The molecule has 0 radical (unpaired) electrons. The number of hydrogen-bond donors (Lipinski definition) is 0. The molecule has 0 spiro atoms. The van der Waals surface area contributed by atoms with Gasteiger partial charge in [-0.25, -0.2) is 0 Å². The molecule has 0 N–H and O–H groups in total. The van der Waals surface area contributed by atoms with Crippen LogP contribution in [0.4, 0.5) is 0 Å². The first-order chi connectivity index (χ1) is 10.7. The van der Waals surface area contributed by atoms with Crippen LogP contribution in [0.5, 0.6) is 0 Å². The normalized spacial score (nSPS) is 16.6. The molecular weight excluding hydrogens is 332 g/mol. The minimum absolute atomic E-state index is 0.0838. The van der Waals surface area contributed by atoms with E-state index in [0.717, 1.165) is 25.8 Å². The zero-order valence-corrected chi connectivity index (χ0v) is 14.3. The third kappa shape index (κ3) is 3.17. The van der Waals surface area contributed by atoms with Crippen LogP contribution in [-0.2, 0) is 4.79 Å². The molecule has 0 aliphatic carbocycles. The van der Waals surface area contributed by atoms with Crippen molar-refractivity contribution >= 4 is 52.6 Å². The summed E-state index contributed by atoms with van der Waals surface area (Å²) in [5, 5.41) is 0.674. The predicted molar refractivity (Wildman–Crippen MR) is 98.9 cm³/mol. The van der Waals surface area contributed by atoms with Crippen LogP contribution in [0.3, 0.4) is 0 Å². The quantitative estimate of drug-likeness (QED) is 0.662. The van der Waals surface area contributed by atoms with Gasteiger partial charge in [-0.2, -0.15) is 0 Å². The van der Waals surface area contributed by atoms with Gasteiger partial charge in [-0.05, 0) is 35.6 Å². The standard InChI is InChI=1S/C18H13ClOS2/c1-21-18-16(13-7-9-14(19)10-8-13)17(20)15(22-18)11-12-5-3-2-4-6-12/h2-11H,1H3/b15-11-. The van der Waals surface area contributed by atoms with Crippen molar-refractivity contribution in [2.75, 3.05) is 6.26 Å². The number of rotatable bonds is 3. The molecule has 3 rings (SSSR count). The number of allylic oxidation sites excluding steroid dienone is 2. The summed E-state index contributed by atoms with van der Waals surface area (Å²) >= 11 is 9.09. The molecule has 1 aliphatic heterocycles. The van der Waals surface area contributed by atoms with Crippen LogP contribution in [-0.4, -0.2) is 12.0 Å². The second kappa shape index (κ2) is 6.78. The van der Waals surface area contributed by atoms with Gasteiger partial charge >= 0.3 is 0 Å². The van der Waals surface area contributed by atoms with Crippen molar-refractivity contribution in [3.05, 3.63) is 79.9 Å². The molecule has 1 nitrogen and oxygen atoms in total. The highest BCUT2D eigenvalue weighted by Gasteiger charge is 2.29. The third-order valence-corrected chi connectivity index (χ3v) is 5.76. The van der Waals surface area contributed by atoms with Crippen LogP contribution in [0, 0.1) is 0 Å². The van der Waals surface area contributed by atoms with Gasteiger partial charge in [0.2, 0.25) is 5.78 Å². The molecule has 0 amide bonds. The molecular formula is C18H13ClOS2. The number of thioether (sulfide) groups is 2. The molecule has 0 atom stereocenters. The minimum Gasteiger partial charge on any atom is -0.288 e. The Labute approximate surface area is 143 Å². The van der Waals surface area contributed by atoms with E-state index in [1.54, 1.807) is 23.5 Å². The Hall–Kier alpha value is -1.42. The number of carbonyl (C=O) groups excluding carboxylic acids is 1. The Morgan fingerprint density at radius 1 is 1.05 bits per heavy atom. The summed E-state index contributed by atoms with van der Waals surface area (Å²) in [6, 6.07) is 17.3. The lowest BCUT2D eigenvalue weighted by Gasteiger charge is -2.03. The van der Waals surface area contributed by atoms with Crippen LogP contribution in [0.25, 0.3) is 11.6 Å². The highest BCUT2D eigenvalue weighted by molar-refractivity contribution is 8.25. The summed E-state index contributed by atoms with van der Waals surface area (Å²) in [4.78, 5) is 13.5. The van der Waals surface area contributed by atoms with E-state index in [-0.39, 0.29) is 5.78 Å². The van der Waals surface area contributed by atoms with Gasteiger partial charge in [-0.15, -0.1) is 11.8 Å². The Balaban J connectivity index is 1.98. The number of carbonyl (C=O) groups is 1. The Bertz CT molecular complexity index is 761. The molecule has 0 fully saturated rings. The van der Waals surface area contributed by atoms with Crippen LogP contribution in [0.2, 0.25) is 5.02 Å². The molecule has 0 bridgehead atoms. The lowest BCUT2D eigenvalue weighted by molar-refractivity contribution is -0.109. The summed E-state index contributed by atoms with van der Waals surface area (Å²) < 4.78 is 1.04. The van der Waals surface area contributed by atoms with E-state index in [1.165, 1.54) is 0 Å². The zero-order chi connectivity index (χ0) is 15.5. The average molecular weight is 345 g/mol. The molecule has 0 aromatic heterocycles. The summed E-state index contributed by atoms with van der Waals surface area (Å²) in [6.45, 7) is 0. The Morgan fingerprint density at radius 2 is 1.73 bits per heavy atom. The number of benzene rings is 2. The van der Waals surface area contributed by atoms with Gasteiger partial charge in [-0.1, -0.05) is 65.8 Å². The number of ketones is 1. The molecule has 0 saturated carbocycles. The van der Waals surface area contributed by atoms with Crippen molar-refractivity contribution in [2.45, 2.75) is 0 Å². The second-order valence-corrected chi connectivity index (χ2v) is 7.29. The van der Waals surface area contributed by atoms with Crippen molar-refractivity contribution in [3.63, 3.8) is 0 Å².